The van der Waals surface area contributed by atoms with Crippen LogP contribution in [0.25, 0.3) is 0 Å². The van der Waals surface area contributed by atoms with Crippen molar-refractivity contribution in [2.24, 2.45) is 5.41 Å². The van der Waals surface area contributed by atoms with Crippen LogP contribution < -0.4 is 5.32 Å². The van der Waals surface area contributed by atoms with Crippen LogP contribution in [0.1, 0.15) is 26.2 Å². The number of halogens is 1. The Morgan fingerprint density at radius 3 is 2.75 bits per heavy atom. The highest BCUT2D eigenvalue weighted by atomic mass is 19.1. The Kier molecular flexibility index (Phi) is 3.85. The summed E-state index contributed by atoms with van der Waals surface area (Å²) in [5.74, 6) is 0.0642. The number of hydrogen-bond acceptors (Lipinski definition) is 5. The van der Waals surface area contributed by atoms with Gasteiger partial charge in [0.1, 0.15) is 0 Å². The molecule has 1 aromatic rings. The quantitative estimate of drug-likeness (QED) is 0.915. The van der Waals surface area contributed by atoms with Crippen molar-refractivity contribution in [2.75, 3.05) is 25.1 Å². The number of nitrogens with zero attached hydrogens (tertiary/aromatic N) is 2. The van der Waals surface area contributed by atoms with Crippen LogP contribution in [0, 0.1) is 11.2 Å². The third kappa shape index (κ3) is 2.38. The Morgan fingerprint density at radius 1 is 1.40 bits per heavy atom. The van der Waals surface area contributed by atoms with Gasteiger partial charge >= 0.3 is 0 Å². The molecule has 2 aliphatic rings. The van der Waals surface area contributed by atoms with Crippen LogP contribution in [0.3, 0.4) is 0 Å². The highest BCUT2D eigenvalue weighted by molar-refractivity contribution is 5.30. The van der Waals surface area contributed by atoms with Crippen molar-refractivity contribution >= 4 is 5.95 Å². The second-order valence-corrected chi connectivity index (χ2v) is 5.45. The van der Waals surface area contributed by atoms with E-state index in [9.17, 15) is 4.39 Å². The van der Waals surface area contributed by atoms with Gasteiger partial charge in [-0.2, -0.15) is 0 Å². The molecular formula is C14H20FN3O2. The maximum absolute atomic E-state index is 12.8. The first kappa shape index (κ1) is 13.7. The van der Waals surface area contributed by atoms with Crippen LogP contribution in [-0.2, 0) is 9.47 Å². The molecule has 1 aromatic heterocycles. The highest BCUT2D eigenvalue weighted by Gasteiger charge is 2.56. The zero-order valence-electron chi connectivity index (χ0n) is 11.6. The van der Waals surface area contributed by atoms with Crippen molar-refractivity contribution < 1.29 is 13.9 Å². The van der Waals surface area contributed by atoms with Crippen LogP contribution in [0.2, 0.25) is 0 Å². The second-order valence-electron chi connectivity index (χ2n) is 5.45. The summed E-state index contributed by atoms with van der Waals surface area (Å²) in [5, 5.41) is 3.33. The van der Waals surface area contributed by atoms with E-state index >= 15 is 0 Å². The molecule has 1 N–H and O–H groups in total. The van der Waals surface area contributed by atoms with E-state index in [4.69, 9.17) is 9.47 Å². The molecule has 2 atom stereocenters. The SMILES string of the molecule is CCOC1CC(Nc2ncc(F)cn2)C12CCOCC2. The molecule has 0 amide bonds. The summed E-state index contributed by atoms with van der Waals surface area (Å²) in [6.45, 7) is 4.29. The summed E-state index contributed by atoms with van der Waals surface area (Å²) in [5.41, 5.74) is 0.103. The first-order valence-corrected chi connectivity index (χ1v) is 7.18. The zero-order valence-corrected chi connectivity index (χ0v) is 11.6. The first-order valence-electron chi connectivity index (χ1n) is 7.18. The van der Waals surface area contributed by atoms with Crippen molar-refractivity contribution in [1.82, 2.24) is 9.97 Å². The second kappa shape index (κ2) is 5.61. The van der Waals surface area contributed by atoms with Crippen molar-refractivity contribution in [1.29, 1.82) is 0 Å². The number of rotatable bonds is 4. The Morgan fingerprint density at radius 2 is 2.10 bits per heavy atom. The molecule has 2 fully saturated rings. The molecule has 1 saturated carbocycles. The fraction of sp³-hybridized carbons (Fsp3) is 0.714. The average Bonchev–Trinajstić information content (AvgIpc) is 2.49. The van der Waals surface area contributed by atoms with Gasteiger partial charge in [0.15, 0.2) is 5.82 Å². The first-order chi connectivity index (χ1) is 9.74. The smallest absolute Gasteiger partial charge is 0.223 e. The van der Waals surface area contributed by atoms with E-state index in [0.29, 0.717) is 5.95 Å². The lowest BCUT2D eigenvalue weighted by Crippen LogP contribution is -2.63. The largest absolute Gasteiger partial charge is 0.381 e. The molecular weight excluding hydrogens is 261 g/mol. The number of anilines is 1. The van der Waals surface area contributed by atoms with Crippen molar-refractivity contribution in [3.63, 3.8) is 0 Å². The van der Waals surface area contributed by atoms with Crippen molar-refractivity contribution in [3.05, 3.63) is 18.2 Å². The van der Waals surface area contributed by atoms with Gasteiger partial charge in [-0.05, 0) is 26.2 Å². The van der Waals surface area contributed by atoms with Crippen molar-refractivity contribution in [3.8, 4) is 0 Å². The van der Waals surface area contributed by atoms with Crippen LogP contribution in [0.4, 0.5) is 10.3 Å². The minimum absolute atomic E-state index is 0.103. The maximum Gasteiger partial charge on any atom is 0.223 e. The topological polar surface area (TPSA) is 56.3 Å². The summed E-state index contributed by atoms with van der Waals surface area (Å²) < 4.78 is 24.2. The molecule has 1 saturated heterocycles. The van der Waals surface area contributed by atoms with Gasteiger partial charge in [0.25, 0.3) is 0 Å². The molecule has 2 unspecified atom stereocenters. The fourth-order valence-corrected chi connectivity index (χ4v) is 3.35. The van der Waals surface area contributed by atoms with Gasteiger partial charge in [0, 0.05) is 31.3 Å². The lowest BCUT2D eigenvalue weighted by molar-refractivity contribution is -0.159. The summed E-state index contributed by atoms with van der Waals surface area (Å²) in [4.78, 5) is 7.96. The minimum atomic E-state index is -0.419. The molecule has 6 heteroatoms. The van der Waals surface area contributed by atoms with Crippen LogP contribution in [0.5, 0.6) is 0 Å². The molecule has 0 bridgehead atoms. The predicted octanol–water partition coefficient (Wildman–Crippen LogP) is 2.00. The molecule has 1 spiro atoms. The molecule has 20 heavy (non-hydrogen) atoms. The Balaban J connectivity index is 1.71. The van der Waals surface area contributed by atoms with Gasteiger partial charge in [-0.3, -0.25) is 0 Å². The molecule has 3 rings (SSSR count). The fourth-order valence-electron chi connectivity index (χ4n) is 3.35. The number of hydrogen-bond donors (Lipinski definition) is 1. The lowest BCUT2D eigenvalue weighted by atomic mass is 9.57. The maximum atomic E-state index is 12.8. The van der Waals surface area contributed by atoms with Gasteiger partial charge in [-0.1, -0.05) is 0 Å². The third-order valence-corrected chi connectivity index (χ3v) is 4.50. The molecule has 2 heterocycles. The van der Waals surface area contributed by atoms with Gasteiger partial charge < -0.3 is 14.8 Å². The number of aromatic nitrogens is 2. The zero-order chi connectivity index (χ0) is 14.0. The summed E-state index contributed by atoms with van der Waals surface area (Å²) >= 11 is 0. The number of nitrogens with one attached hydrogen (secondary N) is 1. The Labute approximate surface area is 117 Å². The summed E-state index contributed by atoms with van der Waals surface area (Å²) in [6, 6.07) is 0.272. The van der Waals surface area contributed by atoms with Crippen LogP contribution in [0.15, 0.2) is 12.4 Å². The van der Waals surface area contributed by atoms with Gasteiger partial charge in [0.05, 0.1) is 18.5 Å². The molecule has 0 radical (unpaired) electrons. The van der Waals surface area contributed by atoms with E-state index in [2.05, 4.69) is 15.3 Å². The standard InChI is InChI=1S/C14H20FN3O2/c1-2-20-12-7-11(14(12)3-5-19-6-4-14)18-13-16-8-10(15)9-17-13/h8-9,11-12H,2-7H2,1H3,(H,16,17,18). The predicted molar refractivity (Wildman–Crippen MR) is 71.9 cm³/mol. The molecule has 110 valence electrons. The Bertz CT molecular complexity index is 448. The lowest BCUT2D eigenvalue weighted by Gasteiger charge is -2.57. The average molecular weight is 281 g/mol. The molecule has 1 aliphatic carbocycles. The van der Waals surface area contributed by atoms with E-state index < -0.39 is 5.82 Å². The molecule has 1 aliphatic heterocycles. The van der Waals surface area contributed by atoms with E-state index in [0.717, 1.165) is 39.1 Å². The third-order valence-electron chi connectivity index (χ3n) is 4.50. The molecule has 5 nitrogen and oxygen atoms in total. The van der Waals surface area contributed by atoms with Crippen LogP contribution in [-0.4, -0.2) is 41.9 Å². The molecule has 0 aromatic carbocycles. The normalized spacial score (nSPS) is 28.1. The highest BCUT2D eigenvalue weighted by Crippen LogP contribution is 2.51. The number of ether oxygens (including phenoxy) is 2. The van der Waals surface area contributed by atoms with Gasteiger partial charge in [-0.15, -0.1) is 0 Å². The van der Waals surface area contributed by atoms with Gasteiger partial charge in [0.2, 0.25) is 5.95 Å². The minimum Gasteiger partial charge on any atom is -0.381 e. The Hall–Kier alpha value is -1.27. The van der Waals surface area contributed by atoms with E-state index in [-0.39, 0.29) is 17.6 Å². The monoisotopic (exact) mass is 281 g/mol. The van der Waals surface area contributed by atoms with E-state index in [1.165, 1.54) is 12.4 Å². The van der Waals surface area contributed by atoms with E-state index in [1.54, 1.807) is 0 Å². The van der Waals surface area contributed by atoms with E-state index in [1.807, 2.05) is 6.92 Å². The van der Waals surface area contributed by atoms with Gasteiger partial charge in [-0.25, -0.2) is 14.4 Å². The summed E-state index contributed by atoms with van der Waals surface area (Å²) in [7, 11) is 0. The van der Waals surface area contributed by atoms with Crippen molar-refractivity contribution in [2.45, 2.75) is 38.3 Å². The van der Waals surface area contributed by atoms with Crippen LogP contribution >= 0.6 is 0 Å². The summed E-state index contributed by atoms with van der Waals surface area (Å²) in [6.07, 6.45) is 5.55.